The third-order valence-electron chi connectivity index (χ3n) is 3.56. The Morgan fingerprint density at radius 1 is 1.00 bits per heavy atom. The van der Waals surface area contributed by atoms with E-state index in [1.807, 2.05) is 22.8 Å². The van der Waals surface area contributed by atoms with Crippen molar-refractivity contribution < 1.29 is 8.42 Å². The maximum absolute atomic E-state index is 12.9. The van der Waals surface area contributed by atoms with Crippen LogP contribution >= 0.6 is 0 Å². The molecule has 22 heavy (non-hydrogen) atoms. The molecule has 0 spiro atoms. The highest BCUT2D eigenvalue weighted by atomic mass is 32.2. The second-order valence-corrected chi connectivity index (χ2v) is 6.85. The van der Waals surface area contributed by atoms with Crippen molar-refractivity contribution in [2.75, 3.05) is 0 Å². The molecular formula is C17H14N2O2S. The number of para-hydroxylation sites is 1. The number of rotatable bonds is 4. The maximum Gasteiger partial charge on any atom is 0.208 e. The van der Waals surface area contributed by atoms with Gasteiger partial charge in [-0.2, -0.15) is 5.26 Å². The van der Waals surface area contributed by atoms with Crippen LogP contribution in [0.3, 0.4) is 0 Å². The number of aryl methyl sites for hydroxylation is 1. The van der Waals surface area contributed by atoms with E-state index < -0.39 is 9.84 Å². The molecule has 0 unspecified atom stereocenters. The summed E-state index contributed by atoms with van der Waals surface area (Å²) < 4.78 is 27.5. The first-order valence-electron chi connectivity index (χ1n) is 6.89. The smallest absolute Gasteiger partial charge is 0.208 e. The van der Waals surface area contributed by atoms with Gasteiger partial charge < -0.3 is 4.57 Å². The Hall–Kier alpha value is -2.58. The van der Waals surface area contributed by atoms with Crippen molar-refractivity contribution in [2.24, 2.45) is 0 Å². The predicted molar refractivity (Wildman–Crippen MR) is 84.1 cm³/mol. The van der Waals surface area contributed by atoms with Crippen LogP contribution in [-0.2, 0) is 16.4 Å². The van der Waals surface area contributed by atoms with Crippen molar-refractivity contribution >= 4 is 20.7 Å². The van der Waals surface area contributed by atoms with Gasteiger partial charge in [-0.25, -0.2) is 8.42 Å². The van der Waals surface area contributed by atoms with Gasteiger partial charge in [0.25, 0.3) is 0 Å². The van der Waals surface area contributed by atoms with Crippen molar-refractivity contribution in [3.8, 4) is 6.07 Å². The summed E-state index contributed by atoms with van der Waals surface area (Å²) in [6.07, 6.45) is 1.97. The van der Waals surface area contributed by atoms with E-state index in [-0.39, 0.29) is 9.79 Å². The molecule has 3 aromatic rings. The van der Waals surface area contributed by atoms with E-state index in [0.717, 1.165) is 5.52 Å². The molecule has 2 aromatic carbocycles. The third kappa shape index (κ3) is 2.38. The van der Waals surface area contributed by atoms with E-state index in [0.29, 0.717) is 18.4 Å². The zero-order valence-corrected chi connectivity index (χ0v) is 12.6. The molecule has 0 aliphatic rings. The van der Waals surface area contributed by atoms with Crippen LogP contribution in [0.2, 0.25) is 0 Å². The number of nitriles is 1. The van der Waals surface area contributed by atoms with Crippen LogP contribution in [0.5, 0.6) is 0 Å². The van der Waals surface area contributed by atoms with Crippen molar-refractivity contribution in [1.82, 2.24) is 4.57 Å². The van der Waals surface area contributed by atoms with E-state index >= 15 is 0 Å². The van der Waals surface area contributed by atoms with E-state index in [2.05, 4.69) is 6.07 Å². The Labute approximate surface area is 129 Å². The van der Waals surface area contributed by atoms with Crippen molar-refractivity contribution in [3.63, 3.8) is 0 Å². The number of hydrogen-bond donors (Lipinski definition) is 0. The fourth-order valence-corrected chi connectivity index (χ4v) is 4.01. The second-order valence-electron chi connectivity index (χ2n) is 4.93. The molecule has 0 radical (unpaired) electrons. The number of fused-ring (bicyclic) bond motifs is 1. The average Bonchev–Trinajstić information content (AvgIpc) is 2.93. The van der Waals surface area contributed by atoms with Gasteiger partial charge in [0.15, 0.2) is 0 Å². The summed E-state index contributed by atoms with van der Waals surface area (Å²) in [6, 6.07) is 17.8. The number of hydrogen-bond acceptors (Lipinski definition) is 3. The number of nitrogens with zero attached hydrogens (tertiary/aromatic N) is 2. The lowest BCUT2D eigenvalue weighted by Crippen LogP contribution is -2.01. The molecule has 0 saturated heterocycles. The summed E-state index contributed by atoms with van der Waals surface area (Å²) in [5, 5.41) is 9.45. The minimum absolute atomic E-state index is 0.276. The molecule has 0 amide bonds. The van der Waals surface area contributed by atoms with Crippen molar-refractivity contribution in [1.29, 1.82) is 5.26 Å². The summed E-state index contributed by atoms with van der Waals surface area (Å²) in [7, 11) is -3.57. The van der Waals surface area contributed by atoms with Crippen LogP contribution in [-0.4, -0.2) is 13.0 Å². The SMILES string of the molecule is N#CCCn1cc(S(=O)(=O)c2ccccc2)c2ccccc21. The van der Waals surface area contributed by atoms with Crippen LogP contribution in [0, 0.1) is 11.3 Å². The Balaban J connectivity index is 2.22. The van der Waals surface area contributed by atoms with Gasteiger partial charge in [-0.3, -0.25) is 0 Å². The van der Waals surface area contributed by atoms with Gasteiger partial charge >= 0.3 is 0 Å². The van der Waals surface area contributed by atoms with Crippen LogP contribution in [0.1, 0.15) is 6.42 Å². The molecule has 0 atom stereocenters. The van der Waals surface area contributed by atoms with Crippen LogP contribution in [0.25, 0.3) is 10.9 Å². The Kier molecular flexibility index (Phi) is 3.70. The zero-order chi connectivity index (χ0) is 15.6. The van der Waals surface area contributed by atoms with E-state index in [4.69, 9.17) is 5.26 Å². The molecule has 0 aliphatic heterocycles. The number of sulfone groups is 1. The lowest BCUT2D eigenvalue weighted by atomic mass is 10.2. The fourth-order valence-electron chi connectivity index (χ4n) is 2.51. The summed E-state index contributed by atoms with van der Waals surface area (Å²) in [5.41, 5.74) is 0.826. The van der Waals surface area contributed by atoms with Crippen LogP contribution < -0.4 is 0 Å². The summed E-state index contributed by atoms with van der Waals surface area (Å²) in [5.74, 6) is 0. The molecule has 0 fully saturated rings. The third-order valence-corrected chi connectivity index (χ3v) is 5.36. The van der Waals surface area contributed by atoms with Crippen LogP contribution in [0.4, 0.5) is 0 Å². The predicted octanol–water partition coefficient (Wildman–Crippen LogP) is 3.39. The highest BCUT2D eigenvalue weighted by Crippen LogP contribution is 2.30. The zero-order valence-electron chi connectivity index (χ0n) is 11.8. The highest BCUT2D eigenvalue weighted by molar-refractivity contribution is 7.91. The largest absolute Gasteiger partial charge is 0.345 e. The Morgan fingerprint density at radius 2 is 1.68 bits per heavy atom. The molecule has 0 bridgehead atoms. The second kappa shape index (κ2) is 5.66. The Morgan fingerprint density at radius 3 is 2.41 bits per heavy atom. The van der Waals surface area contributed by atoms with Crippen LogP contribution in [0.15, 0.2) is 70.6 Å². The lowest BCUT2D eigenvalue weighted by Gasteiger charge is -2.02. The monoisotopic (exact) mass is 310 g/mol. The molecule has 4 nitrogen and oxygen atoms in total. The fraction of sp³-hybridized carbons (Fsp3) is 0.118. The van der Waals surface area contributed by atoms with Gasteiger partial charge in [-0.05, 0) is 18.2 Å². The molecule has 1 heterocycles. The first-order valence-corrected chi connectivity index (χ1v) is 8.38. The summed E-state index contributed by atoms with van der Waals surface area (Å²) in [4.78, 5) is 0.561. The topological polar surface area (TPSA) is 62.9 Å². The molecular weight excluding hydrogens is 296 g/mol. The Bertz CT molecular complexity index is 951. The van der Waals surface area contributed by atoms with Crippen molar-refractivity contribution in [2.45, 2.75) is 22.8 Å². The molecule has 1 aromatic heterocycles. The van der Waals surface area contributed by atoms with Gasteiger partial charge in [0.05, 0.1) is 22.3 Å². The molecule has 0 saturated carbocycles. The minimum atomic E-state index is -3.57. The lowest BCUT2D eigenvalue weighted by molar-refractivity contribution is 0.596. The van der Waals surface area contributed by atoms with Gasteiger partial charge in [-0.15, -0.1) is 0 Å². The molecule has 5 heteroatoms. The summed E-state index contributed by atoms with van der Waals surface area (Å²) >= 11 is 0. The van der Waals surface area contributed by atoms with Gasteiger partial charge in [-0.1, -0.05) is 36.4 Å². The highest BCUT2D eigenvalue weighted by Gasteiger charge is 2.22. The standard InChI is InChI=1S/C17H14N2O2S/c18-11-6-12-19-13-17(15-9-4-5-10-16(15)19)22(20,21)14-7-2-1-3-8-14/h1-5,7-10,13H,6,12H2. The average molecular weight is 310 g/mol. The number of benzene rings is 2. The van der Waals surface area contributed by atoms with E-state index in [1.54, 1.807) is 42.6 Å². The molecule has 0 aliphatic carbocycles. The summed E-state index contributed by atoms with van der Waals surface area (Å²) in [6.45, 7) is 0.474. The van der Waals surface area contributed by atoms with Gasteiger partial charge in [0, 0.05) is 23.6 Å². The van der Waals surface area contributed by atoms with E-state index in [9.17, 15) is 8.42 Å². The minimum Gasteiger partial charge on any atom is -0.345 e. The molecule has 3 rings (SSSR count). The first-order chi connectivity index (χ1) is 10.6. The maximum atomic E-state index is 12.9. The number of aromatic nitrogens is 1. The van der Waals surface area contributed by atoms with E-state index in [1.165, 1.54) is 0 Å². The van der Waals surface area contributed by atoms with Crippen molar-refractivity contribution in [3.05, 3.63) is 60.8 Å². The molecule has 0 N–H and O–H groups in total. The van der Waals surface area contributed by atoms with Gasteiger partial charge in [0.1, 0.15) is 0 Å². The van der Waals surface area contributed by atoms with Gasteiger partial charge in [0.2, 0.25) is 9.84 Å². The quantitative estimate of drug-likeness (QED) is 0.742. The molecule has 110 valence electrons. The normalized spacial score (nSPS) is 11.4. The first kappa shape index (κ1) is 14.4.